The molecule has 0 aliphatic heterocycles. The van der Waals surface area contributed by atoms with Crippen LogP contribution in [0.1, 0.15) is 5.69 Å². The number of rotatable bonds is 7. The van der Waals surface area contributed by atoms with Gasteiger partial charge in [-0.15, -0.1) is 10.2 Å². The zero-order chi connectivity index (χ0) is 13.5. The second kappa shape index (κ2) is 7.78. The number of hydrogen-bond donors (Lipinski definition) is 1. The first-order valence-corrected chi connectivity index (χ1v) is 8.17. The van der Waals surface area contributed by atoms with Gasteiger partial charge in [-0.2, -0.15) is 0 Å². The summed E-state index contributed by atoms with van der Waals surface area (Å²) in [6.07, 6.45) is 1.80. The lowest BCUT2D eigenvalue weighted by Crippen LogP contribution is -2.06. The fourth-order valence-electron chi connectivity index (χ4n) is 1.23. The van der Waals surface area contributed by atoms with Crippen LogP contribution in [-0.2, 0) is 10.5 Å². The van der Waals surface area contributed by atoms with Crippen LogP contribution in [0.3, 0.4) is 0 Å². The van der Waals surface area contributed by atoms with E-state index in [1.807, 2.05) is 12.1 Å². The molecule has 0 bridgehead atoms. The summed E-state index contributed by atoms with van der Waals surface area (Å²) >= 11 is 6.54. The SMILES string of the molecule is COCCNc1nnc(SCc2ccc(Br)cn2)s1. The zero-order valence-corrected chi connectivity index (χ0v) is 13.5. The molecule has 1 N–H and O–H groups in total. The molecule has 0 amide bonds. The first-order chi connectivity index (χ1) is 9.28. The summed E-state index contributed by atoms with van der Waals surface area (Å²) in [6.45, 7) is 1.40. The Hall–Kier alpha value is -0.700. The maximum atomic E-state index is 4.96. The van der Waals surface area contributed by atoms with Crippen LogP contribution in [-0.4, -0.2) is 35.4 Å². The number of hydrogen-bond acceptors (Lipinski definition) is 7. The van der Waals surface area contributed by atoms with Crippen molar-refractivity contribution < 1.29 is 4.74 Å². The van der Waals surface area contributed by atoms with Crippen LogP contribution in [0.15, 0.2) is 27.1 Å². The molecular weight excluding hydrogens is 348 g/mol. The number of methoxy groups -OCH3 is 1. The van der Waals surface area contributed by atoms with Crippen LogP contribution in [0, 0.1) is 0 Å². The third kappa shape index (κ3) is 5.06. The van der Waals surface area contributed by atoms with Gasteiger partial charge in [0.25, 0.3) is 0 Å². The van der Waals surface area contributed by atoms with Crippen LogP contribution in [0.2, 0.25) is 0 Å². The summed E-state index contributed by atoms with van der Waals surface area (Å²) in [4.78, 5) is 4.32. The van der Waals surface area contributed by atoms with Crippen molar-refractivity contribution in [3.8, 4) is 0 Å². The Labute approximate surface area is 128 Å². The molecule has 102 valence electrons. The molecule has 0 radical (unpaired) electrons. The lowest BCUT2D eigenvalue weighted by molar-refractivity contribution is 0.211. The number of ether oxygens (including phenoxy) is 1. The molecule has 0 saturated carbocycles. The Morgan fingerprint density at radius 1 is 1.42 bits per heavy atom. The van der Waals surface area contributed by atoms with Gasteiger partial charge in [-0.3, -0.25) is 4.98 Å². The van der Waals surface area contributed by atoms with Gasteiger partial charge in [-0.05, 0) is 28.1 Å². The van der Waals surface area contributed by atoms with Gasteiger partial charge in [0.15, 0.2) is 4.34 Å². The number of halogens is 1. The third-order valence-electron chi connectivity index (χ3n) is 2.12. The fraction of sp³-hybridized carbons (Fsp3) is 0.364. The summed E-state index contributed by atoms with van der Waals surface area (Å²) in [5, 5.41) is 12.2. The molecule has 0 atom stereocenters. The summed E-state index contributed by atoms with van der Waals surface area (Å²) in [6, 6.07) is 3.98. The highest BCUT2D eigenvalue weighted by Crippen LogP contribution is 2.27. The summed E-state index contributed by atoms with van der Waals surface area (Å²) in [7, 11) is 1.67. The summed E-state index contributed by atoms with van der Waals surface area (Å²) in [5.41, 5.74) is 1.03. The Balaban J connectivity index is 1.81. The van der Waals surface area contributed by atoms with E-state index in [1.165, 1.54) is 0 Å². The van der Waals surface area contributed by atoms with E-state index in [0.717, 1.165) is 31.9 Å². The van der Waals surface area contributed by atoms with Crippen molar-refractivity contribution in [2.24, 2.45) is 0 Å². The minimum absolute atomic E-state index is 0.658. The third-order valence-corrected chi connectivity index (χ3v) is 4.64. The summed E-state index contributed by atoms with van der Waals surface area (Å²) < 4.78 is 6.88. The van der Waals surface area contributed by atoms with Crippen molar-refractivity contribution in [2.45, 2.75) is 10.1 Å². The van der Waals surface area contributed by atoms with Crippen LogP contribution in [0.5, 0.6) is 0 Å². The van der Waals surface area contributed by atoms with E-state index < -0.39 is 0 Å². The smallest absolute Gasteiger partial charge is 0.206 e. The van der Waals surface area contributed by atoms with Crippen LogP contribution >= 0.6 is 39.0 Å². The molecule has 0 saturated heterocycles. The van der Waals surface area contributed by atoms with Crippen molar-refractivity contribution >= 4 is 44.2 Å². The predicted molar refractivity (Wildman–Crippen MR) is 81.8 cm³/mol. The van der Waals surface area contributed by atoms with E-state index in [-0.39, 0.29) is 0 Å². The lowest BCUT2D eigenvalue weighted by Gasteiger charge is -1.99. The highest BCUT2D eigenvalue weighted by Gasteiger charge is 2.05. The second-order valence-corrected chi connectivity index (χ2v) is 6.66. The van der Waals surface area contributed by atoms with Crippen molar-refractivity contribution in [3.05, 3.63) is 28.5 Å². The molecule has 0 fully saturated rings. The van der Waals surface area contributed by atoms with Crippen LogP contribution in [0.4, 0.5) is 5.13 Å². The number of pyridine rings is 1. The van der Waals surface area contributed by atoms with Gasteiger partial charge in [0.2, 0.25) is 5.13 Å². The van der Waals surface area contributed by atoms with Crippen LogP contribution < -0.4 is 5.32 Å². The Kier molecular flexibility index (Phi) is 6.02. The molecular formula is C11H13BrN4OS2. The van der Waals surface area contributed by atoms with Gasteiger partial charge >= 0.3 is 0 Å². The first-order valence-electron chi connectivity index (χ1n) is 5.57. The van der Waals surface area contributed by atoms with E-state index in [9.17, 15) is 0 Å². The highest BCUT2D eigenvalue weighted by molar-refractivity contribution is 9.10. The number of aromatic nitrogens is 3. The average Bonchev–Trinajstić information content (AvgIpc) is 2.86. The molecule has 2 rings (SSSR count). The molecule has 0 aliphatic rings. The molecule has 2 aromatic heterocycles. The van der Waals surface area contributed by atoms with E-state index in [0.29, 0.717) is 6.61 Å². The number of anilines is 1. The molecule has 8 heteroatoms. The molecule has 0 unspecified atom stereocenters. The van der Waals surface area contributed by atoms with Crippen molar-refractivity contribution in [1.29, 1.82) is 0 Å². The molecule has 2 heterocycles. The van der Waals surface area contributed by atoms with Gasteiger partial charge in [0.1, 0.15) is 0 Å². The van der Waals surface area contributed by atoms with Gasteiger partial charge in [0, 0.05) is 30.1 Å². The van der Waals surface area contributed by atoms with Gasteiger partial charge in [0.05, 0.1) is 12.3 Å². The monoisotopic (exact) mass is 360 g/mol. The van der Waals surface area contributed by atoms with E-state index >= 15 is 0 Å². The number of nitrogens with zero attached hydrogens (tertiary/aromatic N) is 3. The van der Waals surface area contributed by atoms with E-state index in [4.69, 9.17) is 4.74 Å². The molecule has 5 nitrogen and oxygen atoms in total. The Bertz CT molecular complexity index is 506. The van der Waals surface area contributed by atoms with Crippen molar-refractivity contribution in [1.82, 2.24) is 15.2 Å². The normalized spacial score (nSPS) is 10.6. The highest BCUT2D eigenvalue weighted by atomic mass is 79.9. The predicted octanol–water partition coefficient (Wildman–Crippen LogP) is 3.05. The second-order valence-electron chi connectivity index (χ2n) is 3.55. The molecule has 2 aromatic rings. The minimum Gasteiger partial charge on any atom is -0.383 e. The summed E-state index contributed by atoms with van der Waals surface area (Å²) in [5.74, 6) is 0.792. The Morgan fingerprint density at radius 3 is 3.05 bits per heavy atom. The topological polar surface area (TPSA) is 59.9 Å². The molecule has 0 spiro atoms. The first kappa shape index (κ1) is 14.7. The average molecular weight is 361 g/mol. The maximum absolute atomic E-state index is 4.96. The quantitative estimate of drug-likeness (QED) is 0.604. The van der Waals surface area contributed by atoms with E-state index in [2.05, 4.69) is 36.4 Å². The van der Waals surface area contributed by atoms with Gasteiger partial charge in [-0.1, -0.05) is 23.1 Å². The maximum Gasteiger partial charge on any atom is 0.206 e. The molecule has 0 aliphatic carbocycles. The number of nitrogens with one attached hydrogen (secondary N) is 1. The van der Waals surface area contributed by atoms with Gasteiger partial charge in [-0.25, -0.2) is 0 Å². The van der Waals surface area contributed by atoms with Crippen molar-refractivity contribution in [3.63, 3.8) is 0 Å². The molecule has 19 heavy (non-hydrogen) atoms. The van der Waals surface area contributed by atoms with E-state index in [1.54, 1.807) is 36.4 Å². The zero-order valence-electron chi connectivity index (χ0n) is 10.3. The fourth-order valence-corrected chi connectivity index (χ4v) is 3.15. The minimum atomic E-state index is 0.658. The van der Waals surface area contributed by atoms with Crippen molar-refractivity contribution in [2.75, 3.05) is 25.6 Å². The Morgan fingerprint density at radius 2 is 2.32 bits per heavy atom. The van der Waals surface area contributed by atoms with Crippen LogP contribution in [0.25, 0.3) is 0 Å². The number of thioether (sulfide) groups is 1. The van der Waals surface area contributed by atoms with Gasteiger partial charge < -0.3 is 10.1 Å². The lowest BCUT2D eigenvalue weighted by atomic mass is 10.4. The standard InChI is InChI=1S/C11H13BrN4OS2/c1-17-5-4-13-10-15-16-11(19-10)18-7-9-3-2-8(12)6-14-9/h2-3,6H,4-5,7H2,1H3,(H,13,15). The largest absolute Gasteiger partial charge is 0.383 e. The molecule has 0 aromatic carbocycles.